The van der Waals surface area contributed by atoms with Crippen molar-refractivity contribution >= 4 is 35.1 Å². The Kier molecular flexibility index (Phi) is 5.94. The van der Waals surface area contributed by atoms with Crippen molar-refractivity contribution in [3.05, 3.63) is 64.2 Å². The molecule has 7 heteroatoms. The predicted molar refractivity (Wildman–Crippen MR) is 113 cm³/mol. The molecule has 2 aromatic carbocycles. The van der Waals surface area contributed by atoms with E-state index in [1.165, 1.54) is 0 Å². The van der Waals surface area contributed by atoms with E-state index in [1.807, 2.05) is 50.2 Å². The zero-order valence-electron chi connectivity index (χ0n) is 16.7. The lowest BCUT2D eigenvalue weighted by Gasteiger charge is -2.21. The summed E-state index contributed by atoms with van der Waals surface area (Å²) in [6.07, 6.45) is 1.09. The second kappa shape index (κ2) is 8.25. The molecular weight excluding hydrogens is 390 g/mol. The largest absolute Gasteiger partial charge is 0.325 e. The molecule has 1 fully saturated rings. The molecule has 0 bridgehead atoms. The summed E-state index contributed by atoms with van der Waals surface area (Å²) in [6, 6.07) is 12.8. The fourth-order valence-electron chi connectivity index (χ4n) is 3.50. The molecule has 1 aliphatic heterocycles. The van der Waals surface area contributed by atoms with E-state index in [1.54, 1.807) is 13.0 Å². The van der Waals surface area contributed by atoms with E-state index in [4.69, 9.17) is 11.6 Å². The third kappa shape index (κ3) is 4.59. The Labute approximate surface area is 175 Å². The van der Waals surface area contributed by atoms with E-state index in [-0.39, 0.29) is 6.54 Å². The van der Waals surface area contributed by atoms with Gasteiger partial charge in [0.1, 0.15) is 12.1 Å². The number of anilines is 1. The van der Waals surface area contributed by atoms with Crippen molar-refractivity contribution < 1.29 is 14.4 Å². The van der Waals surface area contributed by atoms with Crippen LogP contribution in [0.2, 0.25) is 5.02 Å². The van der Waals surface area contributed by atoms with E-state index in [9.17, 15) is 14.4 Å². The molecule has 1 aliphatic rings. The molecule has 2 N–H and O–H groups in total. The minimum atomic E-state index is -1.04. The van der Waals surface area contributed by atoms with Crippen molar-refractivity contribution in [2.24, 2.45) is 0 Å². The van der Waals surface area contributed by atoms with Crippen molar-refractivity contribution in [1.29, 1.82) is 0 Å². The third-order valence-electron chi connectivity index (χ3n) is 5.10. The van der Waals surface area contributed by atoms with Gasteiger partial charge in [-0.1, -0.05) is 48.0 Å². The van der Waals surface area contributed by atoms with E-state index in [2.05, 4.69) is 10.6 Å². The number of aryl methyl sites for hydroxylation is 3. The van der Waals surface area contributed by atoms with Crippen LogP contribution in [0.5, 0.6) is 0 Å². The number of hydrogen-bond donors (Lipinski definition) is 2. The SMILES string of the molecule is Cc1cc(C)c(NC(=O)CN2C(=O)NC(C)(CCc3ccccc3)C2=O)c(Cl)c1. The summed E-state index contributed by atoms with van der Waals surface area (Å²) in [7, 11) is 0. The zero-order valence-corrected chi connectivity index (χ0v) is 17.5. The highest BCUT2D eigenvalue weighted by Gasteiger charge is 2.47. The molecule has 1 saturated heterocycles. The van der Waals surface area contributed by atoms with Crippen LogP contribution in [0.15, 0.2) is 42.5 Å². The van der Waals surface area contributed by atoms with E-state index in [0.29, 0.717) is 23.6 Å². The molecule has 0 aromatic heterocycles. The molecule has 0 radical (unpaired) electrons. The third-order valence-corrected chi connectivity index (χ3v) is 5.40. The van der Waals surface area contributed by atoms with Crippen LogP contribution in [0.4, 0.5) is 10.5 Å². The Balaban J connectivity index is 1.66. The minimum Gasteiger partial charge on any atom is -0.323 e. The number of hydrogen-bond acceptors (Lipinski definition) is 3. The Bertz CT molecular complexity index is 938. The van der Waals surface area contributed by atoms with E-state index < -0.39 is 23.4 Å². The molecule has 29 heavy (non-hydrogen) atoms. The molecule has 0 saturated carbocycles. The normalized spacial score (nSPS) is 18.7. The van der Waals surface area contributed by atoms with Crippen LogP contribution in [0.3, 0.4) is 0 Å². The van der Waals surface area contributed by atoms with Gasteiger partial charge in [0.05, 0.1) is 10.7 Å². The van der Waals surface area contributed by atoms with Crippen molar-refractivity contribution in [1.82, 2.24) is 10.2 Å². The molecule has 152 valence electrons. The highest BCUT2D eigenvalue weighted by molar-refractivity contribution is 6.34. The van der Waals surface area contributed by atoms with Crippen LogP contribution in [0.1, 0.15) is 30.0 Å². The van der Waals surface area contributed by atoms with Gasteiger partial charge in [0.15, 0.2) is 0 Å². The van der Waals surface area contributed by atoms with Gasteiger partial charge in [0.2, 0.25) is 5.91 Å². The van der Waals surface area contributed by atoms with Gasteiger partial charge in [-0.2, -0.15) is 0 Å². The average Bonchev–Trinajstić information content (AvgIpc) is 2.87. The number of carbonyl (C=O) groups excluding carboxylic acids is 3. The van der Waals surface area contributed by atoms with Crippen LogP contribution in [-0.2, 0) is 16.0 Å². The minimum absolute atomic E-state index is 0.366. The predicted octanol–water partition coefficient (Wildman–Crippen LogP) is 3.84. The molecule has 0 spiro atoms. The first-order chi connectivity index (χ1) is 13.7. The van der Waals surface area contributed by atoms with Gasteiger partial charge in [-0.25, -0.2) is 4.79 Å². The first kappa shape index (κ1) is 20.9. The second-order valence-corrected chi connectivity index (χ2v) is 8.03. The van der Waals surface area contributed by atoms with E-state index in [0.717, 1.165) is 21.6 Å². The van der Waals surface area contributed by atoms with Crippen LogP contribution in [-0.4, -0.2) is 34.8 Å². The Hall–Kier alpha value is -2.86. The van der Waals surface area contributed by atoms with Crippen LogP contribution in [0.25, 0.3) is 0 Å². The highest BCUT2D eigenvalue weighted by atomic mass is 35.5. The Morgan fingerprint density at radius 3 is 2.52 bits per heavy atom. The number of nitrogens with zero attached hydrogens (tertiary/aromatic N) is 1. The summed E-state index contributed by atoms with van der Waals surface area (Å²) in [5, 5.41) is 5.86. The molecule has 1 heterocycles. The molecule has 2 aromatic rings. The molecule has 0 aliphatic carbocycles. The smallest absolute Gasteiger partial charge is 0.323 e. The number of urea groups is 1. The summed E-state index contributed by atoms with van der Waals surface area (Å²) in [6.45, 7) is 5.07. The number of benzene rings is 2. The van der Waals surface area contributed by atoms with Gasteiger partial charge < -0.3 is 10.6 Å². The number of rotatable bonds is 6. The Morgan fingerprint density at radius 1 is 1.17 bits per heavy atom. The first-order valence-corrected chi connectivity index (χ1v) is 9.82. The maximum atomic E-state index is 12.9. The molecule has 1 atom stereocenters. The maximum absolute atomic E-state index is 12.9. The summed E-state index contributed by atoms with van der Waals surface area (Å²) in [5.74, 6) is -0.880. The number of carbonyl (C=O) groups is 3. The lowest BCUT2D eigenvalue weighted by atomic mass is 9.93. The van der Waals surface area contributed by atoms with Crippen molar-refractivity contribution in [2.75, 3.05) is 11.9 Å². The van der Waals surface area contributed by atoms with Crippen molar-refractivity contribution in [3.8, 4) is 0 Å². The van der Waals surface area contributed by atoms with Gasteiger partial charge in [-0.05, 0) is 56.4 Å². The quantitative estimate of drug-likeness (QED) is 0.706. The maximum Gasteiger partial charge on any atom is 0.325 e. The lowest BCUT2D eigenvalue weighted by Crippen LogP contribution is -2.45. The highest BCUT2D eigenvalue weighted by Crippen LogP contribution is 2.28. The summed E-state index contributed by atoms with van der Waals surface area (Å²) in [4.78, 5) is 38.7. The molecule has 1 unspecified atom stereocenters. The monoisotopic (exact) mass is 413 g/mol. The van der Waals surface area contributed by atoms with E-state index >= 15 is 0 Å². The average molecular weight is 414 g/mol. The van der Waals surface area contributed by atoms with Gasteiger partial charge in [0.25, 0.3) is 5.91 Å². The number of nitrogens with one attached hydrogen (secondary N) is 2. The summed E-state index contributed by atoms with van der Waals surface area (Å²) >= 11 is 6.22. The fourth-order valence-corrected chi connectivity index (χ4v) is 3.86. The number of halogens is 1. The molecular formula is C22H24ClN3O3. The van der Waals surface area contributed by atoms with Gasteiger partial charge in [-0.3, -0.25) is 14.5 Å². The second-order valence-electron chi connectivity index (χ2n) is 7.63. The lowest BCUT2D eigenvalue weighted by molar-refractivity contribution is -0.133. The molecule has 6 nitrogen and oxygen atoms in total. The zero-order chi connectivity index (χ0) is 21.2. The summed E-state index contributed by atoms with van der Waals surface area (Å²) < 4.78 is 0. The summed E-state index contributed by atoms with van der Waals surface area (Å²) in [5.41, 5.74) is 2.32. The van der Waals surface area contributed by atoms with Crippen LogP contribution < -0.4 is 10.6 Å². The van der Waals surface area contributed by atoms with Crippen molar-refractivity contribution in [3.63, 3.8) is 0 Å². The molecule has 3 rings (SSSR count). The molecule has 4 amide bonds. The number of amides is 4. The fraction of sp³-hybridized carbons (Fsp3) is 0.318. The topological polar surface area (TPSA) is 78.5 Å². The van der Waals surface area contributed by atoms with Crippen LogP contribution >= 0.6 is 11.6 Å². The standard InChI is InChI=1S/C22H24ClN3O3/c1-14-11-15(2)19(17(23)12-14)24-18(27)13-26-20(28)22(3,25-21(26)29)10-9-16-7-5-4-6-8-16/h4-8,11-12H,9-10,13H2,1-3H3,(H,24,27)(H,25,29). The van der Waals surface area contributed by atoms with Gasteiger partial charge in [-0.15, -0.1) is 0 Å². The Morgan fingerprint density at radius 2 is 1.86 bits per heavy atom. The van der Waals surface area contributed by atoms with Gasteiger partial charge in [0, 0.05) is 0 Å². The van der Waals surface area contributed by atoms with Crippen LogP contribution in [0, 0.1) is 13.8 Å². The van der Waals surface area contributed by atoms with Gasteiger partial charge >= 0.3 is 6.03 Å². The van der Waals surface area contributed by atoms with Crippen molar-refractivity contribution in [2.45, 2.75) is 39.2 Å². The first-order valence-electron chi connectivity index (χ1n) is 9.44. The number of imide groups is 1.